The fourth-order valence-corrected chi connectivity index (χ4v) is 2.71. The summed E-state index contributed by atoms with van der Waals surface area (Å²) in [5.74, 6) is -3.15. The number of rotatable bonds is 4. The molecular formula is C15H10N2O6S. The number of benzene rings is 1. The van der Waals surface area contributed by atoms with Gasteiger partial charge in [0.05, 0.1) is 17.7 Å². The number of ether oxygens (including phenoxy) is 1. The summed E-state index contributed by atoms with van der Waals surface area (Å²) in [5.41, 5.74) is 0.112. The van der Waals surface area contributed by atoms with Crippen molar-refractivity contribution in [1.82, 2.24) is 10.0 Å². The second-order valence-electron chi connectivity index (χ2n) is 4.59. The molecule has 2 aromatic rings. The molecule has 0 saturated heterocycles. The molecule has 0 radical (unpaired) electrons. The average Bonchev–Trinajstić information content (AvgIpc) is 3.16. The van der Waals surface area contributed by atoms with E-state index in [0.29, 0.717) is 5.06 Å². The van der Waals surface area contributed by atoms with Crippen LogP contribution in [0.2, 0.25) is 0 Å². The van der Waals surface area contributed by atoms with E-state index in [-0.39, 0.29) is 28.4 Å². The Labute approximate surface area is 139 Å². The Kier molecular flexibility index (Phi) is 4.09. The van der Waals surface area contributed by atoms with E-state index in [1.807, 2.05) is 0 Å². The maximum atomic E-state index is 12.1. The van der Waals surface area contributed by atoms with Crippen LogP contribution in [-0.4, -0.2) is 40.4 Å². The lowest BCUT2D eigenvalue weighted by Gasteiger charge is -2.11. The zero-order valence-electron chi connectivity index (χ0n) is 12.3. The highest BCUT2D eigenvalue weighted by atomic mass is 32.1. The van der Waals surface area contributed by atoms with E-state index < -0.39 is 23.8 Å². The summed E-state index contributed by atoms with van der Waals surface area (Å²) < 4.78 is 4.77. The highest BCUT2D eigenvalue weighted by molar-refractivity contribution is 7.11. The number of esters is 1. The first kappa shape index (κ1) is 15.8. The Morgan fingerprint density at radius 1 is 1.12 bits per heavy atom. The summed E-state index contributed by atoms with van der Waals surface area (Å²) in [4.78, 5) is 56.4. The number of hydroxylamine groups is 2. The lowest BCUT2D eigenvalue weighted by atomic mass is 10.1. The molecule has 1 aromatic heterocycles. The van der Waals surface area contributed by atoms with Gasteiger partial charge in [-0.2, -0.15) is 0 Å². The normalized spacial score (nSPS) is 13.0. The van der Waals surface area contributed by atoms with Crippen molar-refractivity contribution in [3.8, 4) is 0 Å². The number of fused-ring (bicyclic) bond motifs is 1. The number of aromatic nitrogens is 1. The predicted octanol–water partition coefficient (Wildman–Crippen LogP) is 1.69. The number of thiazole rings is 1. The standard InChI is InChI=1S/C15H10N2O6S/c1-2-22-15(21)11-16-10(7-24-11)14(20)23-17-12(18)8-5-3-4-6-9(8)13(17)19/h3-7H,2H2,1H3. The third-order valence-electron chi connectivity index (χ3n) is 3.09. The first-order valence-corrected chi connectivity index (χ1v) is 7.73. The van der Waals surface area contributed by atoms with Crippen LogP contribution < -0.4 is 0 Å². The van der Waals surface area contributed by atoms with Crippen molar-refractivity contribution in [2.45, 2.75) is 6.92 Å². The molecule has 122 valence electrons. The molecule has 1 aliphatic rings. The van der Waals surface area contributed by atoms with Gasteiger partial charge in [0.1, 0.15) is 0 Å². The molecule has 9 heteroatoms. The first-order chi connectivity index (χ1) is 11.5. The smallest absolute Gasteiger partial charge is 0.383 e. The van der Waals surface area contributed by atoms with E-state index in [0.717, 1.165) is 11.3 Å². The van der Waals surface area contributed by atoms with Gasteiger partial charge in [-0.15, -0.1) is 11.3 Å². The minimum Gasteiger partial charge on any atom is -0.461 e. The lowest BCUT2D eigenvalue weighted by Crippen LogP contribution is -2.32. The SMILES string of the molecule is CCOC(=O)c1nc(C(=O)ON2C(=O)c3ccccc3C2=O)cs1. The van der Waals surface area contributed by atoms with Gasteiger partial charge in [-0.3, -0.25) is 9.59 Å². The molecule has 8 nitrogen and oxygen atoms in total. The van der Waals surface area contributed by atoms with Crippen molar-refractivity contribution >= 4 is 35.1 Å². The number of hydrogen-bond donors (Lipinski definition) is 0. The maximum Gasteiger partial charge on any atom is 0.383 e. The predicted molar refractivity (Wildman–Crippen MR) is 80.4 cm³/mol. The van der Waals surface area contributed by atoms with E-state index in [1.54, 1.807) is 19.1 Å². The highest BCUT2D eigenvalue weighted by Crippen LogP contribution is 2.23. The van der Waals surface area contributed by atoms with E-state index in [2.05, 4.69) is 4.98 Å². The molecule has 0 spiro atoms. The van der Waals surface area contributed by atoms with Crippen LogP contribution in [0.25, 0.3) is 0 Å². The fourth-order valence-electron chi connectivity index (χ4n) is 2.03. The number of carbonyl (C=O) groups excluding carboxylic acids is 4. The number of nitrogens with zero attached hydrogens (tertiary/aromatic N) is 2. The Morgan fingerprint density at radius 3 is 2.33 bits per heavy atom. The molecule has 0 bridgehead atoms. The molecule has 3 rings (SSSR count). The van der Waals surface area contributed by atoms with Crippen LogP contribution in [-0.2, 0) is 9.57 Å². The Bertz CT molecular complexity index is 824. The second-order valence-corrected chi connectivity index (χ2v) is 5.45. The molecular weight excluding hydrogens is 336 g/mol. The van der Waals surface area contributed by atoms with Crippen molar-refractivity contribution in [1.29, 1.82) is 0 Å². The van der Waals surface area contributed by atoms with Gasteiger partial charge in [-0.1, -0.05) is 17.2 Å². The number of hydrogen-bond acceptors (Lipinski definition) is 8. The van der Waals surface area contributed by atoms with Crippen molar-refractivity contribution in [3.63, 3.8) is 0 Å². The third-order valence-corrected chi connectivity index (χ3v) is 3.92. The number of imide groups is 1. The summed E-state index contributed by atoms with van der Waals surface area (Å²) in [5, 5.41) is 1.65. The molecule has 24 heavy (non-hydrogen) atoms. The second kappa shape index (κ2) is 6.20. The molecule has 0 saturated carbocycles. The van der Waals surface area contributed by atoms with Gasteiger partial charge in [-0.25, -0.2) is 14.6 Å². The lowest BCUT2D eigenvalue weighted by molar-refractivity contribution is -0.0588. The summed E-state index contributed by atoms with van der Waals surface area (Å²) in [6.45, 7) is 1.82. The minimum absolute atomic E-state index is 0.0221. The molecule has 0 unspecified atom stereocenters. The summed E-state index contributed by atoms with van der Waals surface area (Å²) in [6.07, 6.45) is 0. The molecule has 2 heterocycles. The Balaban J connectivity index is 1.76. The third kappa shape index (κ3) is 2.65. The molecule has 1 aliphatic heterocycles. The summed E-state index contributed by atoms with van der Waals surface area (Å²) in [7, 11) is 0. The fraction of sp³-hybridized carbons (Fsp3) is 0.133. The van der Waals surface area contributed by atoms with Gasteiger partial charge >= 0.3 is 11.9 Å². The van der Waals surface area contributed by atoms with E-state index in [9.17, 15) is 19.2 Å². The van der Waals surface area contributed by atoms with Crippen molar-refractivity contribution in [3.05, 3.63) is 51.5 Å². The van der Waals surface area contributed by atoms with Crippen molar-refractivity contribution in [2.75, 3.05) is 6.61 Å². The zero-order chi connectivity index (χ0) is 17.3. The monoisotopic (exact) mass is 346 g/mol. The van der Waals surface area contributed by atoms with Crippen LogP contribution in [0, 0.1) is 0 Å². The van der Waals surface area contributed by atoms with Crippen LogP contribution in [0.3, 0.4) is 0 Å². The van der Waals surface area contributed by atoms with Crippen LogP contribution in [0.1, 0.15) is 47.9 Å². The molecule has 2 amide bonds. The van der Waals surface area contributed by atoms with Gasteiger partial charge < -0.3 is 9.57 Å². The van der Waals surface area contributed by atoms with Gasteiger partial charge in [-0.05, 0) is 19.1 Å². The quantitative estimate of drug-likeness (QED) is 0.613. The van der Waals surface area contributed by atoms with Gasteiger partial charge in [0.25, 0.3) is 11.8 Å². The Morgan fingerprint density at radius 2 is 1.75 bits per heavy atom. The van der Waals surface area contributed by atoms with Gasteiger partial charge in [0.15, 0.2) is 5.69 Å². The average molecular weight is 346 g/mol. The molecule has 0 fully saturated rings. The van der Waals surface area contributed by atoms with Crippen LogP contribution in [0.5, 0.6) is 0 Å². The number of amides is 2. The molecule has 0 N–H and O–H groups in total. The van der Waals surface area contributed by atoms with Crippen molar-refractivity contribution in [2.24, 2.45) is 0 Å². The topological polar surface area (TPSA) is 103 Å². The molecule has 1 aromatic carbocycles. The first-order valence-electron chi connectivity index (χ1n) is 6.85. The summed E-state index contributed by atoms with van der Waals surface area (Å²) >= 11 is 0.898. The van der Waals surface area contributed by atoms with Crippen LogP contribution >= 0.6 is 11.3 Å². The highest BCUT2D eigenvalue weighted by Gasteiger charge is 2.39. The minimum atomic E-state index is -1.02. The zero-order valence-corrected chi connectivity index (χ0v) is 13.2. The Hall–Kier alpha value is -3.07. The number of carbonyl (C=O) groups is 4. The summed E-state index contributed by atoms with van der Waals surface area (Å²) in [6, 6.07) is 6.12. The maximum absolute atomic E-state index is 12.1. The molecule has 0 atom stereocenters. The largest absolute Gasteiger partial charge is 0.461 e. The molecule has 0 aliphatic carbocycles. The van der Waals surface area contributed by atoms with E-state index >= 15 is 0 Å². The van der Waals surface area contributed by atoms with E-state index in [1.165, 1.54) is 17.5 Å². The van der Waals surface area contributed by atoms with Crippen molar-refractivity contribution < 1.29 is 28.8 Å². The van der Waals surface area contributed by atoms with Crippen LogP contribution in [0.15, 0.2) is 29.6 Å². The van der Waals surface area contributed by atoms with Crippen LogP contribution in [0.4, 0.5) is 0 Å². The van der Waals surface area contributed by atoms with Gasteiger partial charge in [0, 0.05) is 5.38 Å². The van der Waals surface area contributed by atoms with E-state index in [4.69, 9.17) is 9.57 Å². The van der Waals surface area contributed by atoms with Gasteiger partial charge in [0.2, 0.25) is 5.01 Å².